The number of ether oxygens (including phenoxy) is 1. The van der Waals surface area contributed by atoms with E-state index in [1.54, 1.807) is 37.3 Å². The topological polar surface area (TPSA) is 90.0 Å². The molecule has 0 unspecified atom stereocenters. The fraction of sp³-hybridized carbons (Fsp3) is 0.471. The Hall–Kier alpha value is -2.91. The molecule has 0 spiro atoms. The highest BCUT2D eigenvalue weighted by molar-refractivity contribution is 9.10. The summed E-state index contributed by atoms with van der Waals surface area (Å²) in [6.45, 7) is 13.4. The van der Waals surface area contributed by atoms with Crippen LogP contribution >= 0.6 is 15.9 Å². The minimum Gasteiger partial charge on any atom is -0.490 e. The molecule has 0 fully saturated rings. The number of Topliss-reactive ketones (excluding diaryl/α,β-unsaturated/α-hetero) is 2. The van der Waals surface area contributed by atoms with Gasteiger partial charge in [0.05, 0.1) is 11.1 Å². The fourth-order valence-electron chi connectivity index (χ4n) is 6.72. The molecular formula is C34H40BrNO6S. The molecule has 3 aliphatic rings. The number of hydrogen-bond acceptors (Lipinski definition) is 7. The van der Waals surface area contributed by atoms with Crippen molar-refractivity contribution in [1.82, 2.24) is 4.90 Å². The van der Waals surface area contributed by atoms with E-state index < -0.39 is 16.0 Å². The van der Waals surface area contributed by atoms with Crippen molar-refractivity contribution < 1.29 is 26.9 Å². The molecule has 1 aliphatic heterocycles. The van der Waals surface area contributed by atoms with Gasteiger partial charge in [-0.25, -0.2) is 0 Å². The third kappa shape index (κ3) is 6.07. The first-order valence-electron chi connectivity index (χ1n) is 14.9. The van der Waals surface area contributed by atoms with Crippen LogP contribution < -0.4 is 8.92 Å². The maximum atomic E-state index is 14.0. The third-order valence-electron chi connectivity index (χ3n) is 8.36. The molecule has 0 saturated carbocycles. The van der Waals surface area contributed by atoms with Gasteiger partial charge in [-0.3, -0.25) is 9.59 Å². The van der Waals surface area contributed by atoms with Crippen LogP contribution in [-0.2, 0) is 19.7 Å². The zero-order valence-electron chi connectivity index (χ0n) is 25.8. The van der Waals surface area contributed by atoms with Gasteiger partial charge < -0.3 is 13.8 Å². The Morgan fingerprint density at radius 3 is 1.95 bits per heavy atom. The molecule has 2 aromatic rings. The molecule has 9 heteroatoms. The molecule has 0 atom stereocenters. The van der Waals surface area contributed by atoms with E-state index in [-0.39, 0.29) is 45.4 Å². The van der Waals surface area contributed by atoms with Crippen molar-refractivity contribution in [3.8, 4) is 11.5 Å². The largest absolute Gasteiger partial charge is 0.490 e. The summed E-state index contributed by atoms with van der Waals surface area (Å²) in [5, 5.41) is 0. The minimum atomic E-state index is -4.15. The normalized spacial score (nSPS) is 20.2. The van der Waals surface area contributed by atoms with Crippen molar-refractivity contribution in [2.45, 2.75) is 84.5 Å². The first kappa shape index (κ1) is 31.5. The summed E-state index contributed by atoms with van der Waals surface area (Å²) < 4.78 is 38.3. The molecular weight excluding hydrogens is 630 g/mol. The fourth-order valence-corrected chi connectivity index (χ4v) is 8.34. The quantitative estimate of drug-likeness (QED) is 0.266. The van der Waals surface area contributed by atoms with Crippen molar-refractivity contribution in [1.29, 1.82) is 0 Å². The van der Waals surface area contributed by atoms with Crippen LogP contribution in [0.5, 0.6) is 11.5 Å². The Kier molecular flexibility index (Phi) is 8.46. The van der Waals surface area contributed by atoms with Gasteiger partial charge >= 0.3 is 10.1 Å². The zero-order valence-corrected chi connectivity index (χ0v) is 28.2. The molecule has 7 nitrogen and oxygen atoms in total. The molecule has 1 heterocycles. The van der Waals surface area contributed by atoms with Crippen molar-refractivity contribution in [3.05, 3.63) is 75.0 Å². The van der Waals surface area contributed by atoms with Crippen molar-refractivity contribution >= 4 is 37.6 Å². The number of nitrogens with zero attached hydrogens (tertiary/aromatic N) is 1. The Bertz CT molecular complexity index is 1580. The molecule has 0 bridgehead atoms. The monoisotopic (exact) mass is 669 g/mol. The molecule has 230 valence electrons. The highest BCUT2D eigenvalue weighted by Gasteiger charge is 2.49. The van der Waals surface area contributed by atoms with Crippen LogP contribution in [0.15, 0.2) is 74.4 Å². The summed E-state index contributed by atoms with van der Waals surface area (Å²) in [6.07, 6.45) is 3.11. The van der Waals surface area contributed by atoms with Gasteiger partial charge in [-0.05, 0) is 82.8 Å². The van der Waals surface area contributed by atoms with Gasteiger partial charge in [-0.15, -0.1) is 0 Å². The molecule has 0 amide bonds. The Labute approximate surface area is 263 Å². The number of ketones is 2. The Balaban J connectivity index is 1.72. The van der Waals surface area contributed by atoms with E-state index in [0.29, 0.717) is 34.0 Å². The van der Waals surface area contributed by atoms with E-state index in [2.05, 4.69) is 55.4 Å². The van der Waals surface area contributed by atoms with Crippen molar-refractivity contribution in [2.75, 3.05) is 13.2 Å². The summed E-state index contributed by atoms with van der Waals surface area (Å²) in [6, 6.07) is 11.4. The lowest BCUT2D eigenvalue weighted by Gasteiger charge is -2.49. The minimum absolute atomic E-state index is 0.0205. The maximum Gasteiger partial charge on any atom is 0.339 e. The van der Waals surface area contributed by atoms with E-state index in [1.165, 1.54) is 12.1 Å². The molecule has 5 rings (SSSR count). The number of carbonyl (C=O) groups is 2. The van der Waals surface area contributed by atoms with Crippen molar-refractivity contribution in [2.24, 2.45) is 10.8 Å². The number of rotatable bonds is 8. The molecule has 0 N–H and O–H groups in total. The highest BCUT2D eigenvalue weighted by Crippen LogP contribution is 2.55. The standard InChI is InChI=1S/C34H40BrNO6S/c1-7-14-36-24-17-33(3,4)19-26(37)30(24)29(31-25(36)18-34(5,6)20-27(31)38)21-15-23(35)32(28(16-21)41-8-2)42-43(39,40)22-12-10-9-11-13-22/h9-13,15-16,29H,7-8,14,17-20H2,1-6H3. The van der Waals surface area contributed by atoms with Gasteiger partial charge in [0, 0.05) is 47.8 Å². The zero-order chi connectivity index (χ0) is 31.3. The van der Waals surface area contributed by atoms with E-state index in [4.69, 9.17) is 8.92 Å². The molecule has 0 radical (unpaired) electrons. The average molecular weight is 671 g/mol. The second kappa shape index (κ2) is 11.5. The lowest BCUT2D eigenvalue weighted by atomic mass is 9.63. The summed E-state index contributed by atoms with van der Waals surface area (Å²) in [7, 11) is -4.15. The van der Waals surface area contributed by atoms with Gasteiger partial charge in [0.15, 0.2) is 23.1 Å². The Morgan fingerprint density at radius 2 is 1.44 bits per heavy atom. The lowest BCUT2D eigenvalue weighted by molar-refractivity contribution is -0.119. The number of benzene rings is 2. The first-order chi connectivity index (χ1) is 20.2. The van der Waals surface area contributed by atoms with Gasteiger partial charge in [0.2, 0.25) is 0 Å². The predicted molar refractivity (Wildman–Crippen MR) is 169 cm³/mol. The van der Waals surface area contributed by atoms with E-state index in [1.807, 2.05) is 0 Å². The van der Waals surface area contributed by atoms with Gasteiger partial charge in [-0.2, -0.15) is 8.42 Å². The summed E-state index contributed by atoms with van der Waals surface area (Å²) in [5.74, 6) is -0.252. The number of allylic oxidation sites excluding steroid dienone is 4. The predicted octanol–water partition coefficient (Wildman–Crippen LogP) is 7.71. The summed E-state index contributed by atoms with van der Waals surface area (Å²) >= 11 is 3.56. The van der Waals surface area contributed by atoms with Gasteiger partial charge in [0.25, 0.3) is 0 Å². The van der Waals surface area contributed by atoms with Crippen LogP contribution in [0.4, 0.5) is 0 Å². The van der Waals surface area contributed by atoms with Crippen molar-refractivity contribution in [3.63, 3.8) is 0 Å². The number of halogens is 1. The van der Waals surface area contributed by atoms with Gasteiger partial charge in [0.1, 0.15) is 4.90 Å². The molecule has 43 heavy (non-hydrogen) atoms. The molecule has 0 aromatic heterocycles. The van der Waals surface area contributed by atoms with Crippen LogP contribution in [0.25, 0.3) is 0 Å². The highest BCUT2D eigenvalue weighted by atomic mass is 79.9. The third-order valence-corrected chi connectivity index (χ3v) is 10.2. The van der Waals surface area contributed by atoms with E-state index >= 15 is 0 Å². The summed E-state index contributed by atoms with van der Waals surface area (Å²) in [5.41, 5.74) is 3.60. The molecule has 2 aromatic carbocycles. The number of carbonyl (C=O) groups excluding carboxylic acids is 2. The molecule has 2 aliphatic carbocycles. The molecule has 0 saturated heterocycles. The second-order valence-electron chi connectivity index (χ2n) is 13.3. The van der Waals surface area contributed by atoms with Crippen LogP contribution in [0.2, 0.25) is 0 Å². The van der Waals surface area contributed by atoms with Crippen LogP contribution in [0, 0.1) is 10.8 Å². The van der Waals surface area contributed by atoms with Crippen LogP contribution in [-0.4, -0.2) is 38.0 Å². The smallest absolute Gasteiger partial charge is 0.339 e. The maximum absolute atomic E-state index is 14.0. The first-order valence-corrected chi connectivity index (χ1v) is 17.1. The average Bonchev–Trinajstić information content (AvgIpc) is 2.90. The van der Waals surface area contributed by atoms with Crippen LogP contribution in [0.1, 0.15) is 85.1 Å². The van der Waals surface area contributed by atoms with Gasteiger partial charge in [-0.1, -0.05) is 52.8 Å². The summed E-state index contributed by atoms with van der Waals surface area (Å²) in [4.78, 5) is 30.3. The Morgan fingerprint density at radius 1 is 0.884 bits per heavy atom. The van der Waals surface area contributed by atoms with Crippen LogP contribution in [0.3, 0.4) is 0 Å². The lowest BCUT2D eigenvalue weighted by Crippen LogP contribution is -2.44. The SMILES string of the molecule is CCCN1C2=C(C(=O)CC(C)(C)C2)C(c2cc(Br)c(OS(=O)(=O)c3ccccc3)c(OCC)c2)C2=C1CC(C)(C)CC2=O. The van der Waals surface area contributed by atoms with E-state index in [9.17, 15) is 18.0 Å². The van der Waals surface area contributed by atoms with E-state index in [0.717, 1.165) is 37.2 Å². The second-order valence-corrected chi connectivity index (χ2v) is 15.7. The number of hydrogen-bond donors (Lipinski definition) is 0.